The topological polar surface area (TPSA) is 61.4 Å². The highest BCUT2D eigenvalue weighted by atomic mass is 32.1. The highest BCUT2D eigenvalue weighted by Gasteiger charge is 2.13. The van der Waals surface area contributed by atoms with Gasteiger partial charge in [-0.2, -0.15) is 11.3 Å². The molecule has 0 spiro atoms. The van der Waals surface area contributed by atoms with Crippen molar-refractivity contribution in [3.63, 3.8) is 0 Å². The third-order valence-electron chi connectivity index (χ3n) is 3.44. The SMILES string of the molecule is CC(C)N(CCNC(=O)CCNC(=O)c1ccsc1)C(C)C. The number of amides is 2. The predicted molar refractivity (Wildman–Crippen MR) is 91.3 cm³/mol. The maximum atomic E-state index is 11.8. The summed E-state index contributed by atoms with van der Waals surface area (Å²) in [6, 6.07) is 2.69. The Labute approximate surface area is 137 Å². The van der Waals surface area contributed by atoms with E-state index in [-0.39, 0.29) is 11.8 Å². The minimum atomic E-state index is -0.125. The van der Waals surface area contributed by atoms with Gasteiger partial charge in [0.15, 0.2) is 0 Å². The Morgan fingerprint density at radius 3 is 2.36 bits per heavy atom. The summed E-state index contributed by atoms with van der Waals surface area (Å²) in [7, 11) is 0. The molecule has 0 aliphatic rings. The van der Waals surface area contributed by atoms with Gasteiger partial charge in [0.2, 0.25) is 5.91 Å². The number of nitrogens with zero attached hydrogens (tertiary/aromatic N) is 1. The Bertz CT molecular complexity index is 450. The molecule has 0 radical (unpaired) electrons. The van der Waals surface area contributed by atoms with Crippen molar-refractivity contribution in [2.24, 2.45) is 0 Å². The number of nitrogens with one attached hydrogen (secondary N) is 2. The number of rotatable bonds is 9. The van der Waals surface area contributed by atoms with Gasteiger partial charge in [-0.1, -0.05) is 0 Å². The highest BCUT2D eigenvalue weighted by molar-refractivity contribution is 7.08. The molecule has 2 N–H and O–H groups in total. The molecule has 22 heavy (non-hydrogen) atoms. The molecule has 1 aromatic rings. The third kappa shape index (κ3) is 6.58. The predicted octanol–water partition coefficient (Wildman–Crippen LogP) is 2.10. The Morgan fingerprint density at radius 2 is 1.82 bits per heavy atom. The van der Waals surface area contributed by atoms with Crippen LogP contribution in [0.3, 0.4) is 0 Å². The maximum absolute atomic E-state index is 11.8. The molecule has 1 heterocycles. The standard InChI is InChI=1S/C16H27N3O2S/c1-12(2)19(13(3)4)9-8-17-15(20)5-7-18-16(21)14-6-10-22-11-14/h6,10-13H,5,7-9H2,1-4H3,(H,17,20)(H,18,21). The first kappa shape index (κ1) is 18.6. The molecular formula is C16H27N3O2S. The van der Waals surface area contributed by atoms with Crippen LogP contribution in [0.5, 0.6) is 0 Å². The maximum Gasteiger partial charge on any atom is 0.252 e. The van der Waals surface area contributed by atoms with Crippen LogP contribution in [-0.4, -0.2) is 48.4 Å². The van der Waals surface area contributed by atoms with E-state index in [1.165, 1.54) is 11.3 Å². The van der Waals surface area contributed by atoms with Gasteiger partial charge in [0.05, 0.1) is 0 Å². The summed E-state index contributed by atoms with van der Waals surface area (Å²) in [5.41, 5.74) is 0.648. The molecule has 5 nitrogen and oxygen atoms in total. The molecular weight excluding hydrogens is 298 g/mol. The van der Waals surface area contributed by atoms with Crippen LogP contribution in [0.15, 0.2) is 16.8 Å². The molecule has 6 heteroatoms. The molecule has 0 atom stereocenters. The van der Waals surface area contributed by atoms with Crippen molar-refractivity contribution in [3.05, 3.63) is 22.4 Å². The van der Waals surface area contributed by atoms with Crippen molar-refractivity contribution >= 4 is 23.2 Å². The quantitative estimate of drug-likeness (QED) is 0.731. The zero-order valence-electron chi connectivity index (χ0n) is 13.9. The summed E-state index contributed by atoms with van der Waals surface area (Å²) in [6.07, 6.45) is 0.305. The van der Waals surface area contributed by atoms with Crippen LogP contribution in [-0.2, 0) is 4.79 Å². The van der Waals surface area contributed by atoms with Gasteiger partial charge < -0.3 is 10.6 Å². The van der Waals surface area contributed by atoms with E-state index in [2.05, 4.69) is 43.2 Å². The fourth-order valence-corrected chi connectivity index (χ4v) is 2.95. The summed E-state index contributed by atoms with van der Waals surface area (Å²) in [4.78, 5) is 25.8. The van der Waals surface area contributed by atoms with Crippen molar-refractivity contribution in [3.8, 4) is 0 Å². The van der Waals surface area contributed by atoms with E-state index in [0.717, 1.165) is 6.54 Å². The van der Waals surface area contributed by atoms with E-state index in [0.29, 0.717) is 37.2 Å². The van der Waals surface area contributed by atoms with E-state index < -0.39 is 0 Å². The lowest BCUT2D eigenvalue weighted by molar-refractivity contribution is -0.121. The van der Waals surface area contributed by atoms with Crippen molar-refractivity contribution < 1.29 is 9.59 Å². The number of carbonyl (C=O) groups excluding carboxylic acids is 2. The normalized spacial score (nSPS) is 11.2. The molecule has 0 saturated heterocycles. The molecule has 2 amide bonds. The summed E-state index contributed by atoms with van der Waals surface area (Å²) in [5, 5.41) is 9.30. The summed E-state index contributed by atoms with van der Waals surface area (Å²) >= 11 is 1.48. The van der Waals surface area contributed by atoms with E-state index in [9.17, 15) is 9.59 Å². The zero-order valence-corrected chi connectivity index (χ0v) is 14.7. The van der Waals surface area contributed by atoms with Crippen LogP contribution in [0, 0.1) is 0 Å². The molecule has 0 fully saturated rings. The van der Waals surface area contributed by atoms with E-state index >= 15 is 0 Å². The largest absolute Gasteiger partial charge is 0.355 e. The molecule has 124 valence electrons. The molecule has 0 unspecified atom stereocenters. The smallest absolute Gasteiger partial charge is 0.252 e. The van der Waals surface area contributed by atoms with E-state index in [4.69, 9.17) is 0 Å². The molecule has 0 aliphatic heterocycles. The first-order chi connectivity index (χ1) is 10.4. The Kier molecular flexibility index (Phi) is 8.12. The third-order valence-corrected chi connectivity index (χ3v) is 4.12. The summed E-state index contributed by atoms with van der Waals surface area (Å²) in [5.74, 6) is -0.155. The number of thiophene rings is 1. The number of hydrogen-bond acceptors (Lipinski definition) is 4. The van der Waals surface area contributed by atoms with Crippen LogP contribution < -0.4 is 10.6 Å². The molecule has 1 aromatic heterocycles. The van der Waals surface area contributed by atoms with E-state index in [1.54, 1.807) is 11.4 Å². The average Bonchev–Trinajstić information content (AvgIpc) is 2.96. The van der Waals surface area contributed by atoms with Crippen LogP contribution in [0.25, 0.3) is 0 Å². The zero-order chi connectivity index (χ0) is 16.5. The van der Waals surface area contributed by atoms with Gasteiger partial charge in [-0.25, -0.2) is 0 Å². The van der Waals surface area contributed by atoms with Crippen LogP contribution in [0.1, 0.15) is 44.5 Å². The van der Waals surface area contributed by atoms with Gasteiger partial charge in [0, 0.05) is 49.1 Å². The first-order valence-electron chi connectivity index (χ1n) is 7.74. The second kappa shape index (κ2) is 9.58. The van der Waals surface area contributed by atoms with Gasteiger partial charge in [-0.15, -0.1) is 0 Å². The lowest BCUT2D eigenvalue weighted by Crippen LogP contribution is -2.42. The average molecular weight is 325 g/mol. The van der Waals surface area contributed by atoms with Crippen molar-refractivity contribution in [1.82, 2.24) is 15.5 Å². The Morgan fingerprint density at radius 1 is 1.14 bits per heavy atom. The van der Waals surface area contributed by atoms with Crippen LogP contribution in [0.2, 0.25) is 0 Å². The van der Waals surface area contributed by atoms with Gasteiger partial charge in [0.1, 0.15) is 0 Å². The Balaban J connectivity index is 2.17. The van der Waals surface area contributed by atoms with Gasteiger partial charge >= 0.3 is 0 Å². The van der Waals surface area contributed by atoms with Crippen molar-refractivity contribution in [2.45, 2.75) is 46.2 Å². The Hall–Kier alpha value is -1.40. The van der Waals surface area contributed by atoms with Gasteiger partial charge in [-0.3, -0.25) is 14.5 Å². The number of carbonyl (C=O) groups is 2. The molecule has 0 aliphatic carbocycles. The molecule has 0 aromatic carbocycles. The summed E-state index contributed by atoms with van der Waals surface area (Å²) < 4.78 is 0. The van der Waals surface area contributed by atoms with Crippen molar-refractivity contribution in [1.29, 1.82) is 0 Å². The van der Waals surface area contributed by atoms with Crippen molar-refractivity contribution in [2.75, 3.05) is 19.6 Å². The van der Waals surface area contributed by atoms with Gasteiger partial charge in [0.25, 0.3) is 5.91 Å². The minimum Gasteiger partial charge on any atom is -0.355 e. The minimum absolute atomic E-state index is 0.0296. The van der Waals surface area contributed by atoms with E-state index in [1.807, 2.05) is 5.38 Å². The first-order valence-corrected chi connectivity index (χ1v) is 8.69. The molecule has 0 bridgehead atoms. The highest BCUT2D eigenvalue weighted by Crippen LogP contribution is 2.05. The second-order valence-corrected chi connectivity index (χ2v) is 6.57. The van der Waals surface area contributed by atoms with Crippen LogP contribution in [0.4, 0.5) is 0 Å². The number of hydrogen-bond donors (Lipinski definition) is 2. The fourth-order valence-electron chi connectivity index (χ4n) is 2.31. The second-order valence-electron chi connectivity index (χ2n) is 5.79. The molecule has 1 rings (SSSR count). The monoisotopic (exact) mass is 325 g/mol. The lowest BCUT2D eigenvalue weighted by Gasteiger charge is -2.30. The molecule has 0 saturated carbocycles. The lowest BCUT2D eigenvalue weighted by atomic mass is 10.2. The fraction of sp³-hybridized carbons (Fsp3) is 0.625. The summed E-state index contributed by atoms with van der Waals surface area (Å²) in [6.45, 7) is 10.4. The van der Waals surface area contributed by atoms with Crippen LogP contribution >= 0.6 is 11.3 Å². The van der Waals surface area contributed by atoms with Gasteiger partial charge in [-0.05, 0) is 39.1 Å².